The minimum absolute atomic E-state index is 0.0738. The molecule has 0 aliphatic carbocycles. The summed E-state index contributed by atoms with van der Waals surface area (Å²) >= 11 is 0. The molecule has 1 rings (SSSR count). The van der Waals surface area contributed by atoms with E-state index in [0.29, 0.717) is 0 Å². The van der Waals surface area contributed by atoms with Crippen molar-refractivity contribution in [1.82, 2.24) is 0 Å². The molecule has 16 heavy (non-hydrogen) atoms. The fourth-order valence-corrected chi connectivity index (χ4v) is 1.14. The Balaban J connectivity index is 2.42. The highest BCUT2D eigenvalue weighted by molar-refractivity contribution is 5.82. The van der Waals surface area contributed by atoms with Crippen molar-refractivity contribution in [3.05, 3.63) is 54.1 Å². The van der Waals surface area contributed by atoms with Crippen molar-refractivity contribution in [2.75, 3.05) is 0 Å². The van der Waals surface area contributed by atoms with E-state index in [1.54, 1.807) is 6.08 Å². The fourth-order valence-electron chi connectivity index (χ4n) is 1.14. The molecule has 0 N–H and O–H groups in total. The molecule has 1 aromatic carbocycles. The normalized spacial score (nSPS) is 11.4. The van der Waals surface area contributed by atoms with Crippen LogP contribution in [-0.2, 0) is 9.53 Å². The molecule has 0 unspecified atom stereocenters. The molecule has 2 nitrogen and oxygen atoms in total. The standard InChI is InChI=1S/C14H16O2/c1-12(2)16-14(15)11-7-6-10-13-8-4-3-5-9-13/h3-12H,1-2H3/b10-6+,11-7+. The van der Waals surface area contributed by atoms with E-state index in [9.17, 15) is 4.79 Å². The Labute approximate surface area is 96.2 Å². The van der Waals surface area contributed by atoms with Gasteiger partial charge in [-0.05, 0) is 19.4 Å². The van der Waals surface area contributed by atoms with Crippen LogP contribution in [0, 0.1) is 0 Å². The Kier molecular flexibility index (Phi) is 5.06. The van der Waals surface area contributed by atoms with Crippen molar-refractivity contribution in [1.29, 1.82) is 0 Å². The van der Waals surface area contributed by atoms with Crippen molar-refractivity contribution in [3.63, 3.8) is 0 Å². The maximum Gasteiger partial charge on any atom is 0.330 e. The van der Waals surface area contributed by atoms with E-state index in [0.717, 1.165) is 5.56 Å². The van der Waals surface area contributed by atoms with E-state index in [4.69, 9.17) is 4.74 Å². The zero-order valence-corrected chi connectivity index (χ0v) is 9.59. The Morgan fingerprint density at radius 1 is 1.19 bits per heavy atom. The Morgan fingerprint density at radius 3 is 2.50 bits per heavy atom. The van der Waals surface area contributed by atoms with Gasteiger partial charge in [0, 0.05) is 6.08 Å². The van der Waals surface area contributed by atoms with E-state index in [1.807, 2.05) is 56.3 Å². The molecule has 0 heterocycles. The monoisotopic (exact) mass is 216 g/mol. The first-order valence-corrected chi connectivity index (χ1v) is 5.29. The Hall–Kier alpha value is -1.83. The van der Waals surface area contributed by atoms with Crippen LogP contribution in [0.3, 0.4) is 0 Å². The summed E-state index contributed by atoms with van der Waals surface area (Å²) in [7, 11) is 0. The van der Waals surface area contributed by atoms with Crippen molar-refractivity contribution in [2.45, 2.75) is 20.0 Å². The van der Waals surface area contributed by atoms with Crippen LogP contribution in [0.4, 0.5) is 0 Å². The van der Waals surface area contributed by atoms with Gasteiger partial charge in [-0.1, -0.05) is 48.6 Å². The summed E-state index contributed by atoms with van der Waals surface area (Å²) in [5, 5.41) is 0. The van der Waals surface area contributed by atoms with Crippen LogP contribution < -0.4 is 0 Å². The van der Waals surface area contributed by atoms with Gasteiger partial charge in [-0.3, -0.25) is 0 Å². The first-order valence-electron chi connectivity index (χ1n) is 5.29. The SMILES string of the molecule is CC(C)OC(=O)/C=C/C=C/c1ccccc1. The molecular formula is C14H16O2. The summed E-state index contributed by atoms with van der Waals surface area (Å²) in [6, 6.07) is 9.90. The zero-order chi connectivity index (χ0) is 11.8. The summed E-state index contributed by atoms with van der Waals surface area (Å²) in [4.78, 5) is 11.1. The molecule has 0 saturated carbocycles. The number of allylic oxidation sites excluding steroid dienone is 2. The lowest BCUT2D eigenvalue weighted by Crippen LogP contribution is -2.08. The average Bonchev–Trinajstić information content (AvgIpc) is 2.25. The van der Waals surface area contributed by atoms with Gasteiger partial charge in [0.1, 0.15) is 0 Å². The van der Waals surface area contributed by atoms with Gasteiger partial charge in [0.05, 0.1) is 6.10 Å². The molecule has 2 heteroatoms. The molecule has 0 saturated heterocycles. The van der Waals surface area contributed by atoms with Gasteiger partial charge in [0.25, 0.3) is 0 Å². The van der Waals surface area contributed by atoms with Gasteiger partial charge >= 0.3 is 5.97 Å². The predicted octanol–water partition coefficient (Wildman–Crippen LogP) is 3.21. The highest BCUT2D eigenvalue weighted by atomic mass is 16.5. The quantitative estimate of drug-likeness (QED) is 0.439. The van der Waals surface area contributed by atoms with E-state index in [1.165, 1.54) is 6.08 Å². The first-order chi connectivity index (χ1) is 7.68. The lowest BCUT2D eigenvalue weighted by molar-refractivity contribution is -0.141. The van der Waals surface area contributed by atoms with Crippen LogP contribution >= 0.6 is 0 Å². The van der Waals surface area contributed by atoms with Crippen molar-refractivity contribution < 1.29 is 9.53 Å². The largest absolute Gasteiger partial charge is 0.460 e. The molecule has 84 valence electrons. The predicted molar refractivity (Wildman–Crippen MR) is 65.8 cm³/mol. The summed E-state index contributed by atoms with van der Waals surface area (Å²) in [5.74, 6) is -0.312. The van der Waals surface area contributed by atoms with E-state index < -0.39 is 0 Å². The molecule has 0 atom stereocenters. The zero-order valence-electron chi connectivity index (χ0n) is 9.59. The van der Waals surface area contributed by atoms with E-state index in [-0.39, 0.29) is 12.1 Å². The van der Waals surface area contributed by atoms with Crippen LogP contribution in [0.25, 0.3) is 6.08 Å². The number of benzene rings is 1. The second-order valence-electron chi connectivity index (χ2n) is 3.61. The highest BCUT2D eigenvalue weighted by Gasteiger charge is 1.97. The molecule has 0 aliphatic rings. The van der Waals surface area contributed by atoms with Gasteiger partial charge in [-0.25, -0.2) is 4.79 Å². The van der Waals surface area contributed by atoms with Gasteiger partial charge in [0.2, 0.25) is 0 Å². The molecular weight excluding hydrogens is 200 g/mol. The first kappa shape index (κ1) is 12.2. The van der Waals surface area contributed by atoms with Crippen LogP contribution in [0.2, 0.25) is 0 Å². The van der Waals surface area contributed by atoms with Gasteiger partial charge in [-0.2, -0.15) is 0 Å². The fraction of sp³-hybridized carbons (Fsp3) is 0.214. The summed E-state index contributed by atoms with van der Waals surface area (Å²) in [5.41, 5.74) is 1.10. The highest BCUT2D eigenvalue weighted by Crippen LogP contribution is 2.00. The number of carbonyl (C=O) groups is 1. The molecule has 0 aliphatic heterocycles. The number of esters is 1. The minimum atomic E-state index is -0.312. The van der Waals surface area contributed by atoms with Crippen molar-refractivity contribution >= 4 is 12.0 Å². The summed E-state index contributed by atoms with van der Waals surface area (Å²) < 4.78 is 4.94. The molecule has 0 spiro atoms. The topological polar surface area (TPSA) is 26.3 Å². The smallest absolute Gasteiger partial charge is 0.330 e. The Bertz CT molecular complexity index is 375. The third-order valence-corrected chi connectivity index (χ3v) is 1.78. The van der Waals surface area contributed by atoms with Crippen LogP contribution in [-0.4, -0.2) is 12.1 Å². The maximum atomic E-state index is 11.1. The number of ether oxygens (including phenoxy) is 1. The molecule has 0 aromatic heterocycles. The van der Waals surface area contributed by atoms with E-state index in [2.05, 4.69) is 0 Å². The lowest BCUT2D eigenvalue weighted by atomic mass is 10.2. The summed E-state index contributed by atoms with van der Waals surface area (Å²) in [6.07, 6.45) is 6.77. The average molecular weight is 216 g/mol. The van der Waals surface area contributed by atoms with Crippen molar-refractivity contribution in [2.24, 2.45) is 0 Å². The third kappa shape index (κ3) is 5.15. The van der Waals surface area contributed by atoms with E-state index >= 15 is 0 Å². The number of hydrogen-bond donors (Lipinski definition) is 0. The number of rotatable bonds is 4. The molecule has 0 bridgehead atoms. The van der Waals surface area contributed by atoms with Gasteiger partial charge in [-0.15, -0.1) is 0 Å². The van der Waals surface area contributed by atoms with Crippen LogP contribution in [0.1, 0.15) is 19.4 Å². The molecule has 1 aromatic rings. The van der Waals surface area contributed by atoms with Gasteiger partial charge in [0.15, 0.2) is 0 Å². The molecule has 0 fully saturated rings. The maximum absolute atomic E-state index is 11.1. The third-order valence-electron chi connectivity index (χ3n) is 1.78. The molecule has 0 amide bonds. The second kappa shape index (κ2) is 6.62. The van der Waals surface area contributed by atoms with Crippen LogP contribution in [0.5, 0.6) is 0 Å². The number of carbonyl (C=O) groups excluding carboxylic acids is 1. The molecule has 0 radical (unpaired) electrons. The van der Waals surface area contributed by atoms with Gasteiger partial charge < -0.3 is 4.74 Å². The number of hydrogen-bond acceptors (Lipinski definition) is 2. The van der Waals surface area contributed by atoms with Crippen LogP contribution in [0.15, 0.2) is 48.6 Å². The second-order valence-corrected chi connectivity index (χ2v) is 3.61. The van der Waals surface area contributed by atoms with Crippen molar-refractivity contribution in [3.8, 4) is 0 Å². The summed E-state index contributed by atoms with van der Waals surface area (Å²) in [6.45, 7) is 3.65. The minimum Gasteiger partial charge on any atom is -0.460 e. The lowest BCUT2D eigenvalue weighted by Gasteiger charge is -2.03. The Morgan fingerprint density at radius 2 is 1.88 bits per heavy atom.